The molecule has 34 heteroatoms. The summed E-state index contributed by atoms with van der Waals surface area (Å²) in [6.07, 6.45) is -19.0. The van der Waals surface area contributed by atoms with Gasteiger partial charge >= 0.3 is 54.8 Å². The fourth-order valence-corrected chi connectivity index (χ4v) is 8.63. The average Bonchev–Trinajstić information content (AvgIpc) is 2.58. The van der Waals surface area contributed by atoms with Crippen molar-refractivity contribution in [3.05, 3.63) is 0 Å². The van der Waals surface area contributed by atoms with Crippen molar-refractivity contribution in [2.75, 3.05) is 0 Å². The maximum absolute atomic E-state index is 12.0. The van der Waals surface area contributed by atoms with Gasteiger partial charge < -0.3 is 64.0 Å². The molecule has 0 bridgehead atoms. The van der Waals surface area contributed by atoms with Gasteiger partial charge in [-0.1, -0.05) is 0 Å². The Morgan fingerprint density at radius 1 is 0.350 bits per heavy atom. The molecule has 1 fully saturated rings. The lowest BCUT2D eigenvalue weighted by molar-refractivity contribution is -0.208. The van der Waals surface area contributed by atoms with Crippen LogP contribution in [0.3, 0.4) is 0 Å². The maximum Gasteiger partial charge on any atom is 0.481 e. The lowest BCUT2D eigenvalue weighted by Crippen LogP contribution is -2.65. The second-order valence-corrected chi connectivity index (χ2v) is 16.4. The Bertz CT molecular complexity index is 1170. The van der Waals surface area contributed by atoms with E-state index in [2.05, 4.69) is 31.0 Å². The van der Waals surface area contributed by atoms with Crippen molar-refractivity contribution in [2.24, 2.45) is 0 Å². The van der Waals surface area contributed by atoms with E-state index in [1.807, 2.05) is 0 Å². The Balaban J connectivity index is 3.76. The minimum absolute atomic E-state index is 3.11. The fourth-order valence-electron chi connectivity index (χ4n) is 2.72. The summed E-state index contributed by atoms with van der Waals surface area (Å²) in [6, 6.07) is 0. The summed E-state index contributed by atoms with van der Waals surface area (Å²) in [7, 11) is -42.8. The minimum atomic E-state index is -6.29. The van der Waals surface area contributed by atoms with Crippen LogP contribution in [0.25, 0.3) is 0 Å². The zero-order valence-corrected chi connectivity index (χ0v) is 24.4. The molecule has 1 aliphatic carbocycles. The Kier molecular flexibility index (Phi) is 12.7. The number of hydrogen-bond donors (Lipinski definition) is 13. The zero-order valence-electron chi connectivity index (χ0n) is 18.1. The second kappa shape index (κ2) is 13.0. The molecule has 9 atom stereocenters. The molecule has 0 heterocycles. The van der Waals surface area contributed by atoms with E-state index in [-0.39, 0.29) is 0 Å². The standard InChI is InChI=1S/C6H19O27P7/c7-1-3(28-38(21,22)31-35(12,13)14)2(8)5(30-40(25,26)33-37(18,19)20)6(27-34(9,10)11)4(1)29-39(23,24)32-36(15,16)17/h1-8H,(H,21,22)(H,23,24)(H,25,26)(H2,9,10,11)(H2,12,13,14)(H2,15,16,17)(H2,18,19,20)/t1-,2-,3?,4-,5+,6?/m0/s1. The molecule has 240 valence electrons. The van der Waals surface area contributed by atoms with E-state index < -0.39 is 91.4 Å². The van der Waals surface area contributed by atoms with E-state index >= 15 is 0 Å². The number of rotatable bonds is 14. The fraction of sp³-hybridized carbons (Fsp3) is 1.00. The molecule has 1 aliphatic rings. The molecule has 5 unspecified atom stereocenters. The lowest BCUT2D eigenvalue weighted by Gasteiger charge is -2.46. The van der Waals surface area contributed by atoms with Crippen LogP contribution < -0.4 is 0 Å². The minimum Gasteiger partial charge on any atom is -0.387 e. The van der Waals surface area contributed by atoms with E-state index in [0.29, 0.717) is 0 Å². The normalized spacial score (nSPS) is 31.6. The van der Waals surface area contributed by atoms with E-state index in [0.717, 1.165) is 0 Å². The van der Waals surface area contributed by atoms with Gasteiger partial charge in [-0.05, 0) is 0 Å². The SMILES string of the molecule is O=P(O)(O)OC1[C@@H](OP(=O)(O)OP(=O)(O)O)[C@@H](O)C(OP(=O)(O)OP(=O)(O)O)[C@H](O)[C@H]1OP(=O)(O)OP(=O)(O)O. The Hall–Kier alpha value is 0.810. The molecule has 13 N–H and O–H groups in total. The maximum atomic E-state index is 12.0. The molecule has 0 radical (unpaired) electrons. The van der Waals surface area contributed by atoms with Crippen molar-refractivity contribution >= 4 is 54.8 Å². The van der Waals surface area contributed by atoms with Gasteiger partial charge in [0, 0.05) is 0 Å². The molecule has 0 spiro atoms. The van der Waals surface area contributed by atoms with Crippen LogP contribution in [0.5, 0.6) is 0 Å². The summed E-state index contributed by atoms with van der Waals surface area (Å²) in [5.41, 5.74) is 0. The first kappa shape index (κ1) is 38.8. The van der Waals surface area contributed by atoms with Crippen LogP contribution in [0.2, 0.25) is 0 Å². The van der Waals surface area contributed by atoms with Crippen molar-refractivity contribution in [3.8, 4) is 0 Å². The highest BCUT2D eigenvalue weighted by Crippen LogP contribution is 2.63. The predicted molar refractivity (Wildman–Crippen MR) is 112 cm³/mol. The van der Waals surface area contributed by atoms with Gasteiger partial charge in [-0.2, -0.15) is 12.9 Å². The topological polar surface area (TPSA) is 447 Å². The lowest BCUT2D eigenvalue weighted by atomic mass is 9.85. The number of phosphoric ester groups is 4. The molecule has 40 heavy (non-hydrogen) atoms. The monoisotopic (exact) mass is 740 g/mol. The van der Waals surface area contributed by atoms with Gasteiger partial charge in [0.05, 0.1) is 0 Å². The van der Waals surface area contributed by atoms with Gasteiger partial charge in [-0.25, -0.2) is 32.0 Å². The predicted octanol–water partition coefficient (Wildman–Crippen LogP) is -3.02. The van der Waals surface area contributed by atoms with Gasteiger partial charge in [0.25, 0.3) is 0 Å². The van der Waals surface area contributed by atoms with E-state index in [1.54, 1.807) is 0 Å². The highest BCUT2D eigenvalue weighted by atomic mass is 31.3. The highest BCUT2D eigenvalue weighted by molar-refractivity contribution is 7.61. The van der Waals surface area contributed by atoms with Crippen LogP contribution in [-0.2, 0) is 63.0 Å². The summed E-state index contributed by atoms with van der Waals surface area (Å²) in [6.45, 7) is 0. The quantitative estimate of drug-likeness (QED) is 0.0788. The van der Waals surface area contributed by atoms with Crippen LogP contribution >= 0.6 is 54.8 Å². The molecule has 0 aliphatic heterocycles. The molecule has 0 aromatic rings. The van der Waals surface area contributed by atoms with Gasteiger partial charge in [0.15, 0.2) is 0 Å². The first-order valence-corrected chi connectivity index (χ1v) is 19.4. The molecule has 1 saturated carbocycles. The molecule has 27 nitrogen and oxygen atoms in total. The summed E-state index contributed by atoms with van der Waals surface area (Å²) < 4.78 is 107. The van der Waals surface area contributed by atoms with Gasteiger partial charge in [-0.15, -0.1) is 0 Å². The summed E-state index contributed by atoms with van der Waals surface area (Å²) in [5, 5.41) is 20.9. The first-order valence-electron chi connectivity index (χ1n) is 8.76. The van der Waals surface area contributed by atoms with Crippen molar-refractivity contribution in [2.45, 2.75) is 36.6 Å². The van der Waals surface area contributed by atoms with Crippen LogP contribution in [0.15, 0.2) is 0 Å². The number of phosphoric acid groups is 7. The average molecular weight is 740 g/mol. The van der Waals surface area contributed by atoms with Crippen molar-refractivity contribution < 1.29 is 127 Å². The third kappa shape index (κ3) is 14.1. The third-order valence-corrected chi connectivity index (χ3v) is 10.7. The van der Waals surface area contributed by atoms with Crippen LogP contribution in [0.1, 0.15) is 0 Å². The van der Waals surface area contributed by atoms with Crippen molar-refractivity contribution in [3.63, 3.8) is 0 Å². The number of aliphatic hydroxyl groups excluding tert-OH is 2. The number of aliphatic hydroxyl groups is 2. The molecule has 0 aromatic heterocycles. The van der Waals surface area contributed by atoms with E-state index in [1.165, 1.54) is 0 Å². The van der Waals surface area contributed by atoms with E-state index in [9.17, 15) is 56.8 Å². The van der Waals surface area contributed by atoms with Gasteiger partial charge in [-0.3, -0.25) is 18.1 Å². The first-order chi connectivity index (χ1) is 17.3. The molecular weight excluding hydrogens is 721 g/mol. The molecule has 0 saturated heterocycles. The third-order valence-electron chi connectivity index (χ3n) is 3.65. The zero-order chi connectivity index (χ0) is 31.9. The van der Waals surface area contributed by atoms with Crippen molar-refractivity contribution in [1.82, 2.24) is 0 Å². The Morgan fingerprint density at radius 3 is 0.825 bits per heavy atom. The van der Waals surface area contributed by atoms with E-state index in [4.69, 9.17) is 39.1 Å². The largest absolute Gasteiger partial charge is 0.481 e. The van der Waals surface area contributed by atoms with Gasteiger partial charge in [0.1, 0.15) is 36.6 Å². The van der Waals surface area contributed by atoms with Crippen LogP contribution in [0.4, 0.5) is 0 Å². The summed E-state index contributed by atoms with van der Waals surface area (Å²) >= 11 is 0. The summed E-state index contributed by atoms with van der Waals surface area (Å²) in [5.74, 6) is 0. The Labute approximate surface area is 219 Å². The van der Waals surface area contributed by atoms with Crippen molar-refractivity contribution in [1.29, 1.82) is 0 Å². The second-order valence-electron chi connectivity index (χ2n) is 6.87. The van der Waals surface area contributed by atoms with Gasteiger partial charge in [0.2, 0.25) is 0 Å². The molecular formula is C6H19O27P7. The number of hydrogen-bond acceptors (Lipinski definition) is 16. The smallest absolute Gasteiger partial charge is 0.387 e. The molecule has 0 amide bonds. The van der Waals surface area contributed by atoms with Crippen LogP contribution in [0, 0.1) is 0 Å². The van der Waals surface area contributed by atoms with Crippen LogP contribution in [-0.4, -0.2) is 101 Å². The molecule has 0 aromatic carbocycles. The molecule has 1 rings (SSSR count). The Morgan fingerprint density at radius 2 is 0.600 bits per heavy atom. The summed E-state index contributed by atoms with van der Waals surface area (Å²) in [4.78, 5) is 99.3. The highest BCUT2D eigenvalue weighted by Gasteiger charge is 2.60.